The average molecular weight is 1130 g/mol. The number of aliphatic hydroxyl groups excluding tert-OH is 2. The number of aliphatic hydroxyl groups is 2. The molecule has 16 nitrogen and oxygen atoms in total. The molecular formula is C68H80N12O4. The molecule has 4 aliphatic heterocycles. The van der Waals surface area contributed by atoms with Crippen molar-refractivity contribution in [3.05, 3.63) is 145 Å². The molecule has 6 fully saturated rings. The van der Waals surface area contributed by atoms with Crippen LogP contribution in [0.2, 0.25) is 0 Å². The summed E-state index contributed by atoms with van der Waals surface area (Å²) in [6.45, 7) is 3.47. The maximum absolute atomic E-state index is 13.3. The topological polar surface area (TPSA) is 220 Å². The third-order valence-corrected chi connectivity index (χ3v) is 19.0. The third-order valence-electron chi connectivity index (χ3n) is 19.0. The molecule has 0 radical (unpaired) electrons. The summed E-state index contributed by atoms with van der Waals surface area (Å²) in [5.41, 5.74) is 12.9. The van der Waals surface area contributed by atoms with Crippen molar-refractivity contribution in [2.45, 2.75) is 152 Å². The first-order valence-electron chi connectivity index (χ1n) is 31.3. The van der Waals surface area contributed by atoms with E-state index in [0.29, 0.717) is 25.2 Å². The van der Waals surface area contributed by atoms with Gasteiger partial charge in [0, 0.05) is 13.1 Å². The highest BCUT2D eigenvalue weighted by atomic mass is 16.3. The van der Waals surface area contributed by atoms with Crippen LogP contribution in [0.5, 0.6) is 0 Å². The van der Waals surface area contributed by atoms with Crippen LogP contribution in [0.1, 0.15) is 163 Å². The Bertz CT molecular complexity index is 3220. The number of carbonyl (C=O) groups excluding carboxylic acids is 2. The van der Waals surface area contributed by atoms with Gasteiger partial charge in [0.15, 0.2) is 0 Å². The largest absolute Gasteiger partial charge is 0.383 e. The van der Waals surface area contributed by atoms with Gasteiger partial charge in [0.05, 0.1) is 71.7 Å². The van der Waals surface area contributed by atoms with Crippen LogP contribution in [0.25, 0.3) is 67.3 Å². The van der Waals surface area contributed by atoms with Gasteiger partial charge in [-0.25, -0.2) is 19.9 Å². The fourth-order valence-electron chi connectivity index (χ4n) is 14.1. The number of amides is 2. The highest BCUT2D eigenvalue weighted by molar-refractivity contribution is 5.82. The summed E-state index contributed by atoms with van der Waals surface area (Å²) in [5.74, 6) is 3.50. The fourth-order valence-corrected chi connectivity index (χ4v) is 14.1. The molecule has 2 saturated carbocycles. The molecule has 2 aliphatic carbocycles. The monoisotopic (exact) mass is 1130 g/mol. The number of rotatable bonds is 14. The summed E-state index contributed by atoms with van der Waals surface area (Å²) in [6.07, 6.45) is 24.4. The van der Waals surface area contributed by atoms with E-state index in [-0.39, 0.29) is 35.7 Å². The number of aromatic amines is 4. The van der Waals surface area contributed by atoms with Gasteiger partial charge in [-0.1, -0.05) is 136 Å². The summed E-state index contributed by atoms with van der Waals surface area (Å²) in [6, 6.07) is 34.6. The smallest absolute Gasteiger partial charge is 0.252 e. The van der Waals surface area contributed by atoms with Crippen molar-refractivity contribution < 1.29 is 19.8 Å². The molecule has 8 aromatic rings. The molecule has 4 aromatic carbocycles. The van der Waals surface area contributed by atoms with E-state index in [1.165, 1.54) is 36.8 Å². The van der Waals surface area contributed by atoms with E-state index in [0.717, 1.165) is 182 Å². The van der Waals surface area contributed by atoms with Crippen LogP contribution in [0, 0.1) is 11.8 Å². The molecule has 0 bridgehead atoms. The van der Waals surface area contributed by atoms with Crippen LogP contribution in [0.3, 0.4) is 0 Å². The zero-order valence-corrected chi connectivity index (χ0v) is 48.1. The average Bonchev–Trinajstić information content (AvgIpc) is 4.59. The lowest BCUT2D eigenvalue weighted by atomic mass is 9.85. The lowest BCUT2D eigenvalue weighted by Gasteiger charge is -2.31. The number of hydrogen-bond acceptors (Lipinski definition) is 10. The number of likely N-dealkylation sites (tertiary alicyclic amines) is 2. The lowest BCUT2D eigenvalue weighted by Crippen LogP contribution is -2.43. The Morgan fingerprint density at radius 2 is 0.667 bits per heavy atom. The number of H-pyrrole nitrogens is 4. The van der Waals surface area contributed by atoms with E-state index in [4.69, 9.17) is 9.97 Å². The Morgan fingerprint density at radius 3 is 0.976 bits per heavy atom. The second-order valence-corrected chi connectivity index (χ2v) is 24.4. The normalized spacial score (nSPS) is 22.1. The van der Waals surface area contributed by atoms with Crippen molar-refractivity contribution >= 4 is 11.8 Å². The van der Waals surface area contributed by atoms with E-state index < -0.39 is 12.2 Å². The minimum Gasteiger partial charge on any atom is -0.383 e. The zero-order valence-electron chi connectivity index (χ0n) is 48.1. The molecule has 6 aliphatic rings. The highest BCUT2D eigenvalue weighted by Gasteiger charge is 2.40. The van der Waals surface area contributed by atoms with Crippen molar-refractivity contribution in [2.24, 2.45) is 11.8 Å². The Morgan fingerprint density at radius 1 is 0.369 bits per heavy atom. The van der Waals surface area contributed by atoms with Gasteiger partial charge in [-0.05, 0) is 146 Å². The standard InChI is InChI=1S/C42H52N6O4.C26H28N6/c49-37(31-9-3-1-4-10-31)41(51)47-23-7-13-35(47)39-43-25-33(45-39)29-19-15-27(16-20-29)28-17-21-30(22-18-28)34-26-44-40(46-34)36-14-8-24-48(36)42(52)38(50)32-11-5-2-6-12-32;1-3-21(27-13-1)25-29-15-23(31-25)19-9-5-17(6-10-19)18-7-11-20(12-8-18)24-16-30-26(32-24)22-4-2-14-28-22/h15-22,25-26,31-32,35-38,49-50H,1-14,23-24H2,(H,43,45)(H,44,46);5-12,15-16,21-22,27-28H,1-4,13-14H2,(H,29,31)(H,30,32)/t35-,36?,37-,38-;21-,22?/m00/s1. The number of nitrogens with one attached hydrogen (secondary N) is 6. The van der Waals surface area contributed by atoms with Gasteiger partial charge in [-0.2, -0.15) is 0 Å². The molecule has 2 unspecified atom stereocenters. The molecule has 84 heavy (non-hydrogen) atoms. The predicted molar refractivity (Wildman–Crippen MR) is 327 cm³/mol. The Kier molecular flexibility index (Phi) is 16.8. The van der Waals surface area contributed by atoms with Gasteiger partial charge in [0.25, 0.3) is 11.8 Å². The first-order chi connectivity index (χ1) is 41.3. The zero-order chi connectivity index (χ0) is 56.9. The first kappa shape index (κ1) is 55.7. The van der Waals surface area contributed by atoms with Gasteiger partial charge >= 0.3 is 0 Å². The third kappa shape index (κ3) is 12.1. The Hall–Kier alpha value is -7.50. The molecule has 8 N–H and O–H groups in total. The van der Waals surface area contributed by atoms with Crippen LogP contribution >= 0.6 is 0 Å². The fraction of sp³-hybridized carbons (Fsp3) is 0.441. The Balaban J connectivity index is 0.000000175. The molecular weight excluding hydrogens is 1050 g/mol. The van der Waals surface area contributed by atoms with Crippen molar-refractivity contribution in [1.29, 1.82) is 0 Å². The number of nitrogens with zero attached hydrogens (tertiary/aromatic N) is 6. The number of imidazole rings is 4. The molecule has 14 rings (SSSR count). The van der Waals surface area contributed by atoms with Gasteiger partial charge < -0.3 is 50.6 Å². The van der Waals surface area contributed by atoms with E-state index in [1.54, 1.807) is 0 Å². The molecule has 6 atom stereocenters. The van der Waals surface area contributed by atoms with Gasteiger partial charge in [-0.15, -0.1) is 0 Å². The van der Waals surface area contributed by atoms with Gasteiger partial charge in [-0.3, -0.25) is 9.59 Å². The SMILES string of the molecule is O=C([C@@H](O)C1CCCCC1)N1CCCC1c1ncc(-c2ccc(-c3ccc(-c4cnc([C@@H]5CCCN5C(=O)[C@@H](O)C5CCCCC5)[nH]4)cc3)cc2)[nH]1.c1cc(-c2cnc(C3CCCN3)[nH]2)ccc1-c1ccc(-c2cnc([C@@H]3CCCN3)[nH]2)cc1. The van der Waals surface area contributed by atoms with Crippen molar-refractivity contribution in [2.75, 3.05) is 26.2 Å². The summed E-state index contributed by atoms with van der Waals surface area (Å²) < 4.78 is 0. The van der Waals surface area contributed by atoms with E-state index >= 15 is 0 Å². The van der Waals surface area contributed by atoms with Crippen molar-refractivity contribution in [3.63, 3.8) is 0 Å². The maximum Gasteiger partial charge on any atom is 0.252 e. The van der Waals surface area contributed by atoms with Crippen LogP contribution in [-0.4, -0.2) is 110 Å². The quantitative estimate of drug-likeness (QED) is 0.0515. The van der Waals surface area contributed by atoms with Crippen molar-refractivity contribution in [1.82, 2.24) is 60.3 Å². The molecule has 16 heteroatoms. The highest BCUT2D eigenvalue weighted by Crippen LogP contribution is 2.38. The summed E-state index contributed by atoms with van der Waals surface area (Å²) in [5, 5.41) is 28.8. The molecule has 4 saturated heterocycles. The molecule has 0 spiro atoms. The maximum atomic E-state index is 13.3. The van der Waals surface area contributed by atoms with Gasteiger partial charge in [0.2, 0.25) is 0 Å². The second-order valence-electron chi connectivity index (χ2n) is 24.4. The van der Waals surface area contributed by atoms with Crippen LogP contribution in [0.15, 0.2) is 122 Å². The second kappa shape index (κ2) is 25.4. The van der Waals surface area contributed by atoms with E-state index in [1.807, 2.05) is 34.6 Å². The molecule has 8 heterocycles. The number of aromatic nitrogens is 8. The minimum atomic E-state index is -0.917. The first-order valence-corrected chi connectivity index (χ1v) is 31.3. The minimum absolute atomic E-state index is 0.0701. The summed E-state index contributed by atoms with van der Waals surface area (Å²) >= 11 is 0. The predicted octanol–water partition coefficient (Wildman–Crippen LogP) is 12.3. The van der Waals surface area contributed by atoms with Crippen LogP contribution < -0.4 is 10.6 Å². The lowest BCUT2D eigenvalue weighted by molar-refractivity contribution is -0.145. The number of carbonyl (C=O) groups is 2. The molecule has 2 amide bonds. The molecule has 436 valence electrons. The summed E-state index contributed by atoms with van der Waals surface area (Å²) in [4.78, 5) is 62.9. The van der Waals surface area contributed by atoms with Crippen LogP contribution in [0.4, 0.5) is 0 Å². The van der Waals surface area contributed by atoms with E-state index in [9.17, 15) is 19.8 Å². The van der Waals surface area contributed by atoms with Gasteiger partial charge in [0.1, 0.15) is 35.5 Å². The number of benzene rings is 4. The molecule has 4 aromatic heterocycles. The summed E-state index contributed by atoms with van der Waals surface area (Å²) in [7, 11) is 0. The van der Waals surface area contributed by atoms with Crippen molar-refractivity contribution in [3.8, 4) is 67.3 Å². The number of hydrogen-bond donors (Lipinski definition) is 8. The Labute approximate surface area is 492 Å². The van der Waals surface area contributed by atoms with Crippen LogP contribution in [-0.2, 0) is 9.59 Å². The van der Waals surface area contributed by atoms with E-state index in [2.05, 4.69) is 138 Å².